The van der Waals surface area contributed by atoms with Crippen molar-refractivity contribution in [1.29, 1.82) is 0 Å². The van der Waals surface area contributed by atoms with Crippen LogP contribution in [0.3, 0.4) is 0 Å². The van der Waals surface area contributed by atoms with E-state index in [1.165, 1.54) is 51.7 Å². The third kappa shape index (κ3) is 5.49. The summed E-state index contributed by atoms with van der Waals surface area (Å²) >= 11 is 12.4. The van der Waals surface area contributed by atoms with E-state index in [9.17, 15) is 9.90 Å². The molecule has 0 spiro atoms. The first-order chi connectivity index (χ1) is 17.4. The van der Waals surface area contributed by atoms with Crippen molar-refractivity contribution in [2.75, 3.05) is 25.0 Å². The first kappa shape index (κ1) is 25.3. The van der Waals surface area contributed by atoms with E-state index in [-0.39, 0.29) is 21.6 Å². The molecule has 1 aromatic heterocycles. The Morgan fingerprint density at radius 1 is 1.03 bits per heavy atom. The fourth-order valence-electron chi connectivity index (χ4n) is 5.73. The highest BCUT2D eigenvalue weighted by Crippen LogP contribution is 2.39. The normalized spacial score (nSPS) is 21.0. The molecule has 0 unspecified atom stereocenters. The molecule has 2 aromatic carbocycles. The Morgan fingerprint density at radius 2 is 1.72 bits per heavy atom. The minimum atomic E-state index is -0.123. The molecule has 2 aliphatic rings. The van der Waals surface area contributed by atoms with Gasteiger partial charge in [0.05, 0.1) is 26.8 Å². The third-order valence-corrected chi connectivity index (χ3v) is 8.33. The number of rotatable bonds is 6. The van der Waals surface area contributed by atoms with Crippen LogP contribution in [0.25, 0.3) is 22.0 Å². The second kappa shape index (κ2) is 11.0. The first-order valence-corrected chi connectivity index (χ1v) is 13.8. The van der Waals surface area contributed by atoms with Gasteiger partial charge in [0.25, 0.3) is 0 Å². The number of pyridine rings is 1. The number of halogens is 2. The first-order valence-electron chi connectivity index (χ1n) is 13.0. The van der Waals surface area contributed by atoms with Gasteiger partial charge in [0.1, 0.15) is 0 Å². The molecule has 1 saturated heterocycles. The number of benzene rings is 2. The SMILES string of the molecule is CC(=O)c1cnc2ccc(-c3cc(Cl)c(O)c(Cl)c3)cc2c1NC1CCC(CN2CCCCC2)CC1. The van der Waals surface area contributed by atoms with Gasteiger partial charge in [-0.05, 0) is 99.8 Å². The molecule has 0 amide bonds. The number of anilines is 1. The van der Waals surface area contributed by atoms with Gasteiger partial charge in [-0.3, -0.25) is 9.78 Å². The van der Waals surface area contributed by atoms with Gasteiger partial charge in [0, 0.05) is 24.2 Å². The second-order valence-electron chi connectivity index (χ2n) is 10.3. The van der Waals surface area contributed by atoms with Gasteiger partial charge in [0.2, 0.25) is 0 Å². The maximum Gasteiger partial charge on any atom is 0.163 e. The van der Waals surface area contributed by atoms with E-state index in [0.717, 1.165) is 46.5 Å². The summed E-state index contributed by atoms with van der Waals surface area (Å²) in [5, 5.41) is 15.0. The number of nitrogens with one attached hydrogen (secondary N) is 1. The van der Waals surface area contributed by atoms with E-state index in [1.807, 2.05) is 18.2 Å². The molecule has 190 valence electrons. The van der Waals surface area contributed by atoms with E-state index in [0.29, 0.717) is 11.6 Å². The number of nitrogens with zero attached hydrogens (tertiary/aromatic N) is 2. The maximum atomic E-state index is 12.6. The average molecular weight is 527 g/mol. The molecule has 3 aromatic rings. The number of Topliss-reactive ketones (excluding diaryl/α,β-unsaturated/α-hetero) is 1. The predicted octanol–water partition coefficient (Wildman–Crippen LogP) is 7.57. The van der Waals surface area contributed by atoms with Crippen LogP contribution in [0.1, 0.15) is 62.2 Å². The highest BCUT2D eigenvalue weighted by Gasteiger charge is 2.25. The van der Waals surface area contributed by atoms with Crippen LogP contribution in [0.5, 0.6) is 5.75 Å². The Hall–Kier alpha value is -2.34. The van der Waals surface area contributed by atoms with E-state index in [1.54, 1.807) is 25.3 Å². The lowest BCUT2D eigenvalue weighted by molar-refractivity contribution is 0.101. The molecular weight excluding hydrogens is 493 g/mol. The summed E-state index contributed by atoms with van der Waals surface area (Å²) in [5.41, 5.74) is 3.96. The highest BCUT2D eigenvalue weighted by atomic mass is 35.5. The molecular formula is C29H33Cl2N3O2. The molecule has 2 fully saturated rings. The standard InChI is InChI=1S/C29H33Cl2N3O2/c1-18(35)24-16-32-27-10-7-20(21-14-25(30)29(36)26(31)15-21)13-23(27)28(24)33-22-8-5-19(6-9-22)17-34-11-3-2-4-12-34/h7,10,13-16,19,22,36H,2-6,8-9,11-12,17H2,1H3,(H,32,33). The number of carbonyl (C=O) groups excluding carboxylic acids is 1. The van der Waals surface area contributed by atoms with Gasteiger partial charge in [-0.15, -0.1) is 0 Å². The predicted molar refractivity (Wildman–Crippen MR) is 149 cm³/mol. The molecule has 5 rings (SSSR count). The van der Waals surface area contributed by atoms with Crippen LogP contribution in [-0.4, -0.2) is 46.4 Å². The monoisotopic (exact) mass is 525 g/mol. The minimum absolute atomic E-state index is 0.00758. The van der Waals surface area contributed by atoms with Gasteiger partial charge in [-0.2, -0.15) is 0 Å². The molecule has 7 heteroatoms. The molecule has 0 bridgehead atoms. The van der Waals surface area contributed by atoms with Crippen molar-refractivity contribution in [3.63, 3.8) is 0 Å². The number of fused-ring (bicyclic) bond motifs is 1. The number of aromatic nitrogens is 1. The molecule has 1 aliphatic carbocycles. The van der Waals surface area contributed by atoms with Gasteiger partial charge in [-0.25, -0.2) is 0 Å². The number of likely N-dealkylation sites (tertiary alicyclic amines) is 1. The Balaban J connectivity index is 1.40. The zero-order valence-corrected chi connectivity index (χ0v) is 22.2. The van der Waals surface area contributed by atoms with Crippen LogP contribution in [0.15, 0.2) is 36.5 Å². The molecule has 0 atom stereocenters. The summed E-state index contributed by atoms with van der Waals surface area (Å²) in [6.45, 7) is 5.32. The van der Waals surface area contributed by atoms with Crippen molar-refractivity contribution in [3.05, 3.63) is 52.1 Å². The van der Waals surface area contributed by atoms with E-state index >= 15 is 0 Å². The maximum absolute atomic E-state index is 12.6. The Morgan fingerprint density at radius 3 is 2.39 bits per heavy atom. The highest BCUT2D eigenvalue weighted by molar-refractivity contribution is 6.37. The summed E-state index contributed by atoms with van der Waals surface area (Å²) in [5.74, 6) is 0.631. The summed E-state index contributed by atoms with van der Waals surface area (Å²) in [6, 6.07) is 9.65. The second-order valence-corrected chi connectivity index (χ2v) is 11.2. The smallest absolute Gasteiger partial charge is 0.163 e. The van der Waals surface area contributed by atoms with Crippen molar-refractivity contribution in [2.45, 2.75) is 57.9 Å². The Labute approximate surface area is 222 Å². The van der Waals surface area contributed by atoms with Crippen molar-refractivity contribution in [3.8, 4) is 16.9 Å². The zero-order valence-electron chi connectivity index (χ0n) is 20.7. The van der Waals surface area contributed by atoms with E-state index < -0.39 is 0 Å². The fourth-order valence-corrected chi connectivity index (χ4v) is 6.21. The van der Waals surface area contributed by atoms with Crippen LogP contribution in [0.4, 0.5) is 5.69 Å². The topological polar surface area (TPSA) is 65.5 Å². The minimum Gasteiger partial charge on any atom is -0.505 e. The van der Waals surface area contributed by atoms with Gasteiger partial charge in [-0.1, -0.05) is 35.7 Å². The number of piperidine rings is 1. The average Bonchev–Trinajstić information content (AvgIpc) is 2.88. The van der Waals surface area contributed by atoms with Gasteiger partial charge in [0.15, 0.2) is 11.5 Å². The van der Waals surface area contributed by atoms with Gasteiger partial charge < -0.3 is 15.3 Å². The number of phenolic OH excluding ortho intramolecular Hbond substituents is 1. The molecule has 1 aliphatic heterocycles. The van der Waals surface area contributed by atoms with E-state index in [4.69, 9.17) is 23.2 Å². The summed E-state index contributed by atoms with van der Waals surface area (Å²) in [6.07, 6.45) is 10.4. The molecule has 0 radical (unpaired) electrons. The number of aromatic hydroxyl groups is 1. The number of hydrogen-bond donors (Lipinski definition) is 2. The number of ketones is 1. The molecule has 36 heavy (non-hydrogen) atoms. The van der Waals surface area contributed by atoms with Crippen molar-refractivity contribution < 1.29 is 9.90 Å². The van der Waals surface area contributed by atoms with Crippen LogP contribution in [0.2, 0.25) is 10.0 Å². The quantitative estimate of drug-likeness (QED) is 0.324. The van der Waals surface area contributed by atoms with Crippen molar-refractivity contribution in [1.82, 2.24) is 9.88 Å². The largest absolute Gasteiger partial charge is 0.505 e. The number of phenols is 1. The molecule has 1 saturated carbocycles. The molecule has 2 heterocycles. The van der Waals surface area contributed by atoms with Crippen molar-refractivity contribution >= 4 is 45.6 Å². The zero-order chi connectivity index (χ0) is 25.2. The lowest BCUT2D eigenvalue weighted by atomic mass is 9.85. The number of carbonyl (C=O) groups is 1. The van der Waals surface area contributed by atoms with Gasteiger partial charge >= 0.3 is 0 Å². The summed E-state index contributed by atoms with van der Waals surface area (Å²) < 4.78 is 0. The Kier molecular flexibility index (Phi) is 7.71. The lowest BCUT2D eigenvalue weighted by Gasteiger charge is -2.35. The molecule has 5 nitrogen and oxygen atoms in total. The molecule has 2 N–H and O–H groups in total. The summed E-state index contributed by atoms with van der Waals surface area (Å²) in [7, 11) is 0. The lowest BCUT2D eigenvalue weighted by Crippen LogP contribution is -2.37. The van der Waals surface area contributed by atoms with Crippen LogP contribution >= 0.6 is 23.2 Å². The third-order valence-electron chi connectivity index (χ3n) is 7.76. The number of hydrogen-bond acceptors (Lipinski definition) is 5. The Bertz CT molecular complexity index is 1240. The van der Waals surface area contributed by atoms with Crippen molar-refractivity contribution in [2.24, 2.45) is 5.92 Å². The fraction of sp³-hybridized carbons (Fsp3) is 0.448. The summed E-state index contributed by atoms with van der Waals surface area (Å²) in [4.78, 5) is 19.8. The van der Waals surface area contributed by atoms with Crippen LogP contribution in [0, 0.1) is 5.92 Å². The van der Waals surface area contributed by atoms with Crippen LogP contribution < -0.4 is 5.32 Å². The van der Waals surface area contributed by atoms with Crippen LogP contribution in [-0.2, 0) is 0 Å². The van der Waals surface area contributed by atoms with E-state index in [2.05, 4.69) is 15.2 Å².